The van der Waals surface area contributed by atoms with Crippen LogP contribution in [-0.4, -0.2) is 18.8 Å². The molecule has 0 saturated heterocycles. The molecule has 4 nitrogen and oxygen atoms in total. The van der Waals surface area contributed by atoms with Gasteiger partial charge in [-0.2, -0.15) is 0 Å². The summed E-state index contributed by atoms with van der Waals surface area (Å²) in [5, 5.41) is 9.99. The molecule has 2 aromatic carbocycles. The topological polar surface area (TPSA) is 64.7 Å². The van der Waals surface area contributed by atoms with Crippen molar-refractivity contribution in [3.05, 3.63) is 36.1 Å². The van der Waals surface area contributed by atoms with Crippen LogP contribution in [0, 0.1) is 5.82 Å². The van der Waals surface area contributed by atoms with Crippen LogP contribution in [-0.2, 0) is 0 Å². The number of methoxy groups -OCH3 is 1. The van der Waals surface area contributed by atoms with Crippen LogP contribution in [0.3, 0.4) is 0 Å². The predicted molar refractivity (Wildman–Crippen MR) is 75.6 cm³/mol. The van der Waals surface area contributed by atoms with Crippen LogP contribution in [0.1, 0.15) is 6.92 Å². The smallest absolute Gasteiger partial charge is 0.146 e. The largest absolute Gasteiger partial charge is 0.505 e. The highest BCUT2D eigenvalue weighted by Gasteiger charge is 2.15. The molecule has 0 saturated carbocycles. The first-order valence-corrected chi connectivity index (χ1v) is 6.16. The van der Waals surface area contributed by atoms with Gasteiger partial charge in [-0.1, -0.05) is 0 Å². The lowest BCUT2D eigenvalue weighted by molar-refractivity contribution is 0.336. The summed E-state index contributed by atoms with van der Waals surface area (Å²) >= 11 is 0. The van der Waals surface area contributed by atoms with Crippen LogP contribution in [0.25, 0.3) is 11.1 Å². The third-order valence-electron chi connectivity index (χ3n) is 2.88. The first-order valence-electron chi connectivity index (χ1n) is 6.16. The van der Waals surface area contributed by atoms with Crippen molar-refractivity contribution < 1.29 is 19.0 Å². The lowest BCUT2D eigenvalue weighted by atomic mass is 10.0. The molecule has 5 heteroatoms. The van der Waals surface area contributed by atoms with Crippen molar-refractivity contribution in [3.8, 4) is 28.4 Å². The fraction of sp³-hybridized carbons (Fsp3) is 0.200. The summed E-state index contributed by atoms with van der Waals surface area (Å²) in [6, 6.07) is 7.38. The number of hydrogen-bond acceptors (Lipinski definition) is 4. The summed E-state index contributed by atoms with van der Waals surface area (Å²) < 4.78 is 24.1. The van der Waals surface area contributed by atoms with Crippen LogP contribution < -0.4 is 15.2 Å². The Bertz CT molecular complexity index is 629. The van der Waals surface area contributed by atoms with Crippen molar-refractivity contribution in [3.63, 3.8) is 0 Å². The number of rotatable bonds is 4. The van der Waals surface area contributed by atoms with Gasteiger partial charge < -0.3 is 20.3 Å². The first kappa shape index (κ1) is 14.0. The first-order chi connectivity index (χ1) is 9.56. The molecule has 20 heavy (non-hydrogen) atoms. The van der Waals surface area contributed by atoms with Gasteiger partial charge in [0, 0.05) is 23.3 Å². The Balaban J connectivity index is 2.57. The van der Waals surface area contributed by atoms with Gasteiger partial charge >= 0.3 is 0 Å². The van der Waals surface area contributed by atoms with Gasteiger partial charge in [0.2, 0.25) is 0 Å². The molecular formula is C15H16FNO3. The summed E-state index contributed by atoms with van der Waals surface area (Å²) in [7, 11) is 1.49. The third-order valence-corrected chi connectivity index (χ3v) is 2.88. The number of anilines is 1. The van der Waals surface area contributed by atoms with E-state index in [4.69, 9.17) is 15.2 Å². The van der Waals surface area contributed by atoms with Gasteiger partial charge in [0.05, 0.1) is 19.4 Å². The molecule has 2 rings (SSSR count). The van der Waals surface area contributed by atoms with Crippen molar-refractivity contribution in [2.24, 2.45) is 0 Å². The van der Waals surface area contributed by atoms with Gasteiger partial charge in [-0.05, 0) is 25.1 Å². The Labute approximate surface area is 116 Å². The zero-order valence-electron chi connectivity index (χ0n) is 11.3. The highest BCUT2D eigenvalue weighted by molar-refractivity contribution is 5.81. The van der Waals surface area contributed by atoms with E-state index in [-0.39, 0.29) is 17.0 Å². The monoisotopic (exact) mass is 277 g/mol. The molecule has 3 N–H and O–H groups in total. The van der Waals surface area contributed by atoms with E-state index in [2.05, 4.69) is 0 Å². The highest BCUT2D eigenvalue weighted by Crippen LogP contribution is 2.40. The number of ether oxygens (including phenoxy) is 2. The number of nitrogen functional groups attached to an aromatic ring is 1. The summed E-state index contributed by atoms with van der Waals surface area (Å²) in [5.41, 5.74) is 6.38. The van der Waals surface area contributed by atoms with Crippen LogP contribution in [0.2, 0.25) is 0 Å². The van der Waals surface area contributed by atoms with E-state index in [9.17, 15) is 9.50 Å². The minimum absolute atomic E-state index is 0.0177. The van der Waals surface area contributed by atoms with Gasteiger partial charge in [-0.3, -0.25) is 0 Å². The minimum Gasteiger partial charge on any atom is -0.505 e. The number of benzene rings is 2. The van der Waals surface area contributed by atoms with E-state index in [1.807, 2.05) is 6.92 Å². The number of halogens is 1. The second kappa shape index (κ2) is 5.69. The van der Waals surface area contributed by atoms with E-state index in [1.54, 1.807) is 18.2 Å². The number of nitrogens with two attached hydrogens (primary N) is 1. The molecule has 0 fully saturated rings. The molecule has 0 radical (unpaired) electrons. The minimum atomic E-state index is -0.522. The zero-order chi connectivity index (χ0) is 14.7. The molecule has 0 unspecified atom stereocenters. The Morgan fingerprint density at radius 2 is 1.95 bits per heavy atom. The maximum Gasteiger partial charge on any atom is 0.146 e. The maximum atomic E-state index is 13.5. The van der Waals surface area contributed by atoms with Crippen LogP contribution in [0.4, 0.5) is 10.1 Å². The maximum absolute atomic E-state index is 13.5. The lowest BCUT2D eigenvalue weighted by Gasteiger charge is -2.13. The molecule has 0 heterocycles. The Hall–Kier alpha value is -2.43. The van der Waals surface area contributed by atoms with E-state index >= 15 is 0 Å². The molecule has 0 aromatic heterocycles. The van der Waals surface area contributed by atoms with Crippen LogP contribution in [0.5, 0.6) is 17.2 Å². The van der Waals surface area contributed by atoms with Crippen LogP contribution in [0.15, 0.2) is 30.3 Å². The summed E-state index contributed by atoms with van der Waals surface area (Å²) in [6.07, 6.45) is 0. The van der Waals surface area contributed by atoms with E-state index in [0.717, 1.165) is 6.07 Å². The highest BCUT2D eigenvalue weighted by atomic mass is 19.1. The van der Waals surface area contributed by atoms with E-state index < -0.39 is 5.82 Å². The fourth-order valence-electron chi connectivity index (χ4n) is 1.98. The van der Waals surface area contributed by atoms with E-state index in [0.29, 0.717) is 23.7 Å². The molecule has 2 aromatic rings. The van der Waals surface area contributed by atoms with E-state index in [1.165, 1.54) is 13.2 Å². The molecular weight excluding hydrogens is 261 g/mol. The zero-order valence-corrected chi connectivity index (χ0v) is 11.3. The quantitative estimate of drug-likeness (QED) is 0.665. The Kier molecular flexibility index (Phi) is 3.98. The molecule has 0 spiro atoms. The van der Waals surface area contributed by atoms with Gasteiger partial charge in [0.1, 0.15) is 23.1 Å². The average Bonchev–Trinajstić information content (AvgIpc) is 2.43. The second-order valence-corrected chi connectivity index (χ2v) is 4.19. The second-order valence-electron chi connectivity index (χ2n) is 4.19. The van der Waals surface area contributed by atoms with Crippen molar-refractivity contribution in [1.82, 2.24) is 0 Å². The van der Waals surface area contributed by atoms with Gasteiger partial charge in [-0.25, -0.2) is 4.39 Å². The Morgan fingerprint density at radius 1 is 1.20 bits per heavy atom. The van der Waals surface area contributed by atoms with Crippen molar-refractivity contribution in [1.29, 1.82) is 0 Å². The van der Waals surface area contributed by atoms with Crippen molar-refractivity contribution in [2.75, 3.05) is 19.5 Å². The Morgan fingerprint density at radius 3 is 2.60 bits per heavy atom. The average molecular weight is 277 g/mol. The molecule has 0 aliphatic carbocycles. The number of phenols is 1. The molecule has 0 bridgehead atoms. The number of aromatic hydroxyl groups is 1. The molecule has 0 amide bonds. The van der Waals surface area contributed by atoms with Crippen LogP contribution >= 0.6 is 0 Å². The summed E-state index contributed by atoms with van der Waals surface area (Å²) in [5.74, 6) is 0.410. The van der Waals surface area contributed by atoms with Crippen molar-refractivity contribution >= 4 is 5.69 Å². The molecule has 0 aliphatic heterocycles. The van der Waals surface area contributed by atoms with Gasteiger partial charge in [0.25, 0.3) is 0 Å². The van der Waals surface area contributed by atoms with Gasteiger partial charge in [-0.15, -0.1) is 0 Å². The lowest BCUT2D eigenvalue weighted by Crippen LogP contribution is -1.95. The predicted octanol–water partition coefficient (Wildman–Crippen LogP) is 3.19. The van der Waals surface area contributed by atoms with Crippen molar-refractivity contribution in [2.45, 2.75) is 6.92 Å². The number of phenolic OH excluding ortho intramolecular Hbond substituents is 1. The molecule has 0 atom stereocenters. The third kappa shape index (κ3) is 2.61. The number of hydrogen-bond donors (Lipinski definition) is 2. The normalized spacial score (nSPS) is 10.3. The fourth-order valence-corrected chi connectivity index (χ4v) is 1.98. The molecule has 0 aliphatic rings. The standard InChI is InChI=1S/C15H16FNO3/c1-3-20-10-4-5-11(14(8-10)19-2)12-6-9(16)7-13(17)15(12)18/h4-8,18H,3,17H2,1-2H3. The summed E-state index contributed by atoms with van der Waals surface area (Å²) in [6.45, 7) is 2.40. The molecule has 106 valence electrons. The van der Waals surface area contributed by atoms with Gasteiger partial charge in [0.15, 0.2) is 0 Å². The summed E-state index contributed by atoms with van der Waals surface area (Å²) in [4.78, 5) is 0. The SMILES string of the molecule is CCOc1ccc(-c2cc(F)cc(N)c2O)c(OC)c1.